The quantitative estimate of drug-likeness (QED) is 0.229. The number of halogens is 2. The highest BCUT2D eigenvalue weighted by atomic mass is 35.5. The number of hydrogen-bond acceptors (Lipinski definition) is 5. The molecule has 3 rings (SSSR count). The van der Waals surface area contributed by atoms with Crippen molar-refractivity contribution in [2.24, 2.45) is 5.92 Å². The van der Waals surface area contributed by atoms with Gasteiger partial charge in [-0.2, -0.15) is 0 Å². The summed E-state index contributed by atoms with van der Waals surface area (Å²) in [6, 6.07) is 18.5. The Balaban J connectivity index is 2.05. The van der Waals surface area contributed by atoms with Gasteiger partial charge in [0.2, 0.25) is 11.8 Å². The van der Waals surface area contributed by atoms with Crippen molar-refractivity contribution in [3.05, 3.63) is 88.4 Å². The van der Waals surface area contributed by atoms with E-state index in [0.717, 1.165) is 4.31 Å². The van der Waals surface area contributed by atoms with E-state index in [9.17, 15) is 18.0 Å². The number of benzene rings is 3. The molecule has 11 heteroatoms. The van der Waals surface area contributed by atoms with Gasteiger partial charge in [-0.25, -0.2) is 8.42 Å². The summed E-state index contributed by atoms with van der Waals surface area (Å²) < 4.78 is 34.4. The molecule has 0 fully saturated rings. The van der Waals surface area contributed by atoms with Crippen molar-refractivity contribution in [1.82, 2.24) is 10.2 Å². The second-order valence-electron chi connectivity index (χ2n) is 10.0. The van der Waals surface area contributed by atoms with Crippen LogP contribution in [0.3, 0.4) is 0 Å². The van der Waals surface area contributed by atoms with Crippen molar-refractivity contribution in [1.29, 1.82) is 0 Å². The number of para-hydroxylation sites is 1. The molecule has 0 radical (unpaired) electrons. The molecule has 0 saturated heterocycles. The predicted octanol–water partition coefficient (Wildman–Crippen LogP) is 6.17. The monoisotopic (exact) mass is 633 g/mol. The smallest absolute Gasteiger partial charge is 0.264 e. The fourth-order valence-corrected chi connectivity index (χ4v) is 6.25. The van der Waals surface area contributed by atoms with Gasteiger partial charge in [-0.05, 0) is 67.8 Å². The van der Waals surface area contributed by atoms with Crippen molar-refractivity contribution in [2.45, 2.75) is 51.6 Å². The first-order chi connectivity index (χ1) is 20.0. The Kier molecular flexibility index (Phi) is 12.1. The van der Waals surface area contributed by atoms with Crippen LogP contribution in [0.25, 0.3) is 0 Å². The van der Waals surface area contributed by atoms with Crippen LogP contribution in [0.1, 0.15) is 39.7 Å². The zero-order valence-corrected chi connectivity index (χ0v) is 26.5. The molecule has 0 aliphatic rings. The molecule has 8 nitrogen and oxygen atoms in total. The van der Waals surface area contributed by atoms with Crippen molar-refractivity contribution in [2.75, 3.05) is 24.0 Å². The van der Waals surface area contributed by atoms with Crippen LogP contribution in [0.15, 0.2) is 77.7 Å². The average molecular weight is 635 g/mol. The Bertz CT molecular complexity index is 1430. The minimum atomic E-state index is -4.20. The maximum atomic E-state index is 14.1. The molecule has 1 N–H and O–H groups in total. The molecule has 0 bridgehead atoms. The molecule has 0 heterocycles. The molecule has 1 atom stereocenters. The number of carbonyl (C=O) groups is 2. The highest BCUT2D eigenvalue weighted by Gasteiger charge is 2.34. The van der Waals surface area contributed by atoms with Gasteiger partial charge < -0.3 is 15.0 Å². The van der Waals surface area contributed by atoms with Crippen LogP contribution >= 0.6 is 23.2 Å². The highest BCUT2D eigenvalue weighted by Crippen LogP contribution is 2.29. The lowest BCUT2D eigenvalue weighted by molar-refractivity contribution is -0.140. The summed E-state index contributed by atoms with van der Waals surface area (Å²) in [5.74, 6) is -0.208. The zero-order chi connectivity index (χ0) is 30.9. The van der Waals surface area contributed by atoms with Gasteiger partial charge in [-0.1, -0.05) is 68.2 Å². The van der Waals surface area contributed by atoms with Crippen LogP contribution < -0.4 is 14.4 Å². The van der Waals surface area contributed by atoms with E-state index in [1.54, 1.807) is 67.6 Å². The molecular weight excluding hydrogens is 597 g/mol. The van der Waals surface area contributed by atoms with Crippen molar-refractivity contribution < 1.29 is 22.7 Å². The molecule has 0 spiro atoms. The van der Waals surface area contributed by atoms with Gasteiger partial charge in [0.05, 0.1) is 17.2 Å². The Morgan fingerprint density at radius 1 is 0.905 bits per heavy atom. The number of sulfonamides is 1. The number of carbonyl (C=O) groups excluding carboxylic acids is 2. The summed E-state index contributed by atoms with van der Waals surface area (Å²) in [5.41, 5.74) is 0.762. The zero-order valence-electron chi connectivity index (χ0n) is 24.2. The lowest BCUT2D eigenvalue weighted by Crippen LogP contribution is -2.52. The number of hydrogen-bond donors (Lipinski definition) is 1. The van der Waals surface area contributed by atoms with Crippen LogP contribution in [0.4, 0.5) is 5.69 Å². The van der Waals surface area contributed by atoms with Gasteiger partial charge in [0, 0.05) is 28.7 Å². The summed E-state index contributed by atoms with van der Waals surface area (Å²) >= 11 is 12.9. The third-order valence-corrected chi connectivity index (χ3v) is 9.00. The van der Waals surface area contributed by atoms with E-state index in [0.29, 0.717) is 40.2 Å². The van der Waals surface area contributed by atoms with E-state index in [-0.39, 0.29) is 29.7 Å². The second kappa shape index (κ2) is 15.3. The first kappa shape index (κ1) is 33.2. The summed E-state index contributed by atoms with van der Waals surface area (Å²) in [6.45, 7) is 7.78. The topological polar surface area (TPSA) is 96.0 Å². The van der Waals surface area contributed by atoms with Gasteiger partial charge in [0.15, 0.2) is 0 Å². The summed E-state index contributed by atoms with van der Waals surface area (Å²) in [4.78, 5) is 28.8. The first-order valence-electron chi connectivity index (χ1n) is 13.8. The molecule has 3 aromatic carbocycles. The van der Waals surface area contributed by atoms with E-state index in [1.807, 2.05) is 20.8 Å². The number of rotatable bonds is 14. The first-order valence-corrected chi connectivity index (χ1v) is 16.0. The number of ether oxygens (including phenoxy) is 1. The van der Waals surface area contributed by atoms with E-state index in [2.05, 4.69) is 5.32 Å². The van der Waals surface area contributed by atoms with Crippen LogP contribution in [0.2, 0.25) is 10.0 Å². The lowest BCUT2D eigenvalue weighted by atomic mass is 10.1. The van der Waals surface area contributed by atoms with Crippen molar-refractivity contribution >= 4 is 50.7 Å². The number of nitrogens with zero attached hydrogens (tertiary/aromatic N) is 2. The minimum absolute atomic E-state index is 0.00924. The molecule has 2 amide bonds. The Labute approximate surface area is 258 Å². The Morgan fingerprint density at radius 2 is 1.52 bits per heavy atom. The van der Waals surface area contributed by atoms with E-state index in [1.165, 1.54) is 17.0 Å². The Hall–Kier alpha value is -3.27. The number of amides is 2. The lowest BCUT2D eigenvalue weighted by Gasteiger charge is -2.33. The normalized spacial score (nSPS) is 12.1. The molecule has 0 saturated carbocycles. The van der Waals surface area contributed by atoms with Gasteiger partial charge in [-0.15, -0.1) is 0 Å². The van der Waals surface area contributed by atoms with E-state index < -0.39 is 28.5 Å². The maximum Gasteiger partial charge on any atom is 0.264 e. The molecule has 3 aromatic rings. The average Bonchev–Trinajstić information content (AvgIpc) is 2.96. The van der Waals surface area contributed by atoms with Gasteiger partial charge in [-0.3, -0.25) is 13.9 Å². The molecule has 0 aliphatic carbocycles. The van der Waals surface area contributed by atoms with E-state index in [4.69, 9.17) is 27.9 Å². The van der Waals surface area contributed by atoms with Gasteiger partial charge >= 0.3 is 0 Å². The summed E-state index contributed by atoms with van der Waals surface area (Å²) in [5, 5.41) is 3.56. The van der Waals surface area contributed by atoms with Crippen molar-refractivity contribution in [3.8, 4) is 5.75 Å². The van der Waals surface area contributed by atoms with Gasteiger partial charge in [0.1, 0.15) is 18.3 Å². The summed E-state index contributed by atoms with van der Waals surface area (Å²) in [7, 11) is -4.20. The fraction of sp³-hybridized carbons (Fsp3) is 0.355. The predicted molar refractivity (Wildman–Crippen MR) is 168 cm³/mol. The van der Waals surface area contributed by atoms with Crippen LogP contribution in [-0.2, 0) is 26.2 Å². The fourth-order valence-electron chi connectivity index (χ4n) is 4.32. The molecule has 226 valence electrons. The molecule has 0 aliphatic heterocycles. The van der Waals surface area contributed by atoms with Crippen LogP contribution in [0.5, 0.6) is 5.75 Å². The third kappa shape index (κ3) is 8.40. The van der Waals surface area contributed by atoms with E-state index >= 15 is 0 Å². The SMILES string of the molecule is CCOc1ccc(S(=O)(=O)N(CC(=O)N(Cc2c(Cl)cccc2Cl)C(CC)C(=O)NCC(C)C)c2ccccc2)cc1. The minimum Gasteiger partial charge on any atom is -0.494 e. The molecule has 1 unspecified atom stereocenters. The number of nitrogens with one attached hydrogen (secondary N) is 1. The maximum absolute atomic E-state index is 14.1. The molecule has 0 aromatic heterocycles. The van der Waals surface area contributed by atoms with Crippen molar-refractivity contribution in [3.63, 3.8) is 0 Å². The van der Waals surface area contributed by atoms with Crippen LogP contribution in [0, 0.1) is 5.92 Å². The third-order valence-electron chi connectivity index (χ3n) is 6.51. The van der Waals surface area contributed by atoms with Crippen LogP contribution in [-0.4, -0.2) is 50.9 Å². The number of anilines is 1. The Morgan fingerprint density at radius 3 is 2.07 bits per heavy atom. The second-order valence-corrected chi connectivity index (χ2v) is 12.7. The molecular formula is C31H37Cl2N3O5S. The largest absolute Gasteiger partial charge is 0.494 e. The standard InChI is InChI=1S/C31H37Cl2N3O5S/c1-5-29(31(38)34-19-22(3)4)35(20-26-27(32)13-10-14-28(26)33)30(37)21-36(23-11-8-7-9-12-23)42(39,40)25-17-15-24(16-18-25)41-6-2/h7-18,22,29H,5-6,19-21H2,1-4H3,(H,34,38). The highest BCUT2D eigenvalue weighted by molar-refractivity contribution is 7.92. The molecule has 42 heavy (non-hydrogen) atoms. The summed E-state index contributed by atoms with van der Waals surface area (Å²) in [6.07, 6.45) is 0.286. The van der Waals surface area contributed by atoms with Gasteiger partial charge in [0.25, 0.3) is 10.0 Å².